The van der Waals surface area contributed by atoms with E-state index in [1.165, 1.54) is 30.2 Å². The van der Waals surface area contributed by atoms with Crippen LogP contribution in [0, 0.1) is 11.8 Å². The first kappa shape index (κ1) is 8.82. The Hall–Kier alpha value is -1.28. The quantitative estimate of drug-likeness (QED) is 0.790. The van der Waals surface area contributed by atoms with E-state index in [0.29, 0.717) is 11.8 Å². The van der Waals surface area contributed by atoms with Crippen molar-refractivity contribution in [3.05, 3.63) is 36.1 Å². The Labute approximate surface area is 94.4 Å². The summed E-state index contributed by atoms with van der Waals surface area (Å²) in [6.45, 7) is 0. The molecule has 1 aromatic carbocycles. The van der Waals surface area contributed by atoms with Crippen molar-refractivity contribution < 1.29 is 4.42 Å². The SMILES string of the molecule is NC1(c2coc3ccccc23)C2CCCC21. The van der Waals surface area contributed by atoms with Gasteiger partial charge in [-0.2, -0.15) is 0 Å². The molecule has 2 fully saturated rings. The number of fused-ring (bicyclic) bond motifs is 2. The van der Waals surface area contributed by atoms with Gasteiger partial charge in [-0.25, -0.2) is 0 Å². The Morgan fingerprint density at radius 3 is 2.75 bits per heavy atom. The number of nitrogens with two attached hydrogens (primary N) is 1. The Morgan fingerprint density at radius 1 is 1.19 bits per heavy atom. The lowest BCUT2D eigenvalue weighted by Crippen LogP contribution is -2.25. The fourth-order valence-corrected chi connectivity index (χ4v) is 3.71. The zero-order chi connectivity index (χ0) is 10.8. The van der Waals surface area contributed by atoms with Crippen molar-refractivity contribution in [1.29, 1.82) is 0 Å². The molecule has 0 bridgehead atoms. The monoisotopic (exact) mass is 213 g/mol. The van der Waals surface area contributed by atoms with E-state index in [1.807, 2.05) is 18.4 Å². The standard InChI is InChI=1S/C14H15NO/c15-14(10-5-3-6-11(10)14)12-8-16-13-7-2-1-4-9(12)13/h1-2,4,7-8,10-11H,3,5-6,15H2. The number of para-hydroxylation sites is 1. The second-order valence-electron chi connectivity index (χ2n) is 5.22. The van der Waals surface area contributed by atoms with Crippen molar-refractivity contribution in [2.75, 3.05) is 0 Å². The van der Waals surface area contributed by atoms with Gasteiger partial charge in [-0.05, 0) is 30.7 Å². The van der Waals surface area contributed by atoms with Crippen LogP contribution >= 0.6 is 0 Å². The van der Waals surface area contributed by atoms with Gasteiger partial charge in [0, 0.05) is 10.9 Å². The van der Waals surface area contributed by atoms with Gasteiger partial charge in [0.15, 0.2) is 0 Å². The Kier molecular flexibility index (Phi) is 1.48. The van der Waals surface area contributed by atoms with E-state index in [1.54, 1.807) is 0 Å². The first-order chi connectivity index (χ1) is 7.82. The molecule has 0 amide bonds. The lowest BCUT2D eigenvalue weighted by Gasteiger charge is -2.13. The summed E-state index contributed by atoms with van der Waals surface area (Å²) in [5.41, 5.74) is 8.69. The molecule has 1 aromatic heterocycles. The summed E-state index contributed by atoms with van der Waals surface area (Å²) >= 11 is 0. The number of furan rings is 1. The highest BCUT2D eigenvalue weighted by Crippen LogP contribution is 2.65. The minimum Gasteiger partial charge on any atom is -0.464 e. The van der Waals surface area contributed by atoms with Gasteiger partial charge in [-0.3, -0.25) is 0 Å². The molecule has 82 valence electrons. The van der Waals surface area contributed by atoms with Crippen molar-refractivity contribution in [2.24, 2.45) is 17.6 Å². The highest BCUT2D eigenvalue weighted by Gasteiger charge is 2.65. The number of hydrogen-bond acceptors (Lipinski definition) is 2. The average Bonchev–Trinajstić information content (AvgIpc) is 2.81. The number of rotatable bonds is 1. The third-order valence-corrected chi connectivity index (χ3v) is 4.58. The zero-order valence-electron chi connectivity index (χ0n) is 9.15. The van der Waals surface area contributed by atoms with Gasteiger partial charge in [-0.1, -0.05) is 24.6 Å². The topological polar surface area (TPSA) is 39.2 Å². The van der Waals surface area contributed by atoms with Crippen LogP contribution in [-0.2, 0) is 5.54 Å². The maximum atomic E-state index is 6.57. The molecule has 2 nitrogen and oxygen atoms in total. The third kappa shape index (κ3) is 0.874. The molecule has 2 heteroatoms. The summed E-state index contributed by atoms with van der Waals surface area (Å²) in [5.74, 6) is 1.40. The summed E-state index contributed by atoms with van der Waals surface area (Å²) in [6, 6.07) is 8.20. The van der Waals surface area contributed by atoms with Crippen molar-refractivity contribution in [3.8, 4) is 0 Å². The number of hydrogen-bond donors (Lipinski definition) is 1. The lowest BCUT2D eigenvalue weighted by molar-refractivity contribution is 0.516. The summed E-state index contributed by atoms with van der Waals surface area (Å²) in [5, 5.41) is 1.21. The van der Waals surface area contributed by atoms with E-state index in [2.05, 4.69) is 12.1 Å². The van der Waals surface area contributed by atoms with Gasteiger partial charge in [0.1, 0.15) is 5.58 Å². The van der Waals surface area contributed by atoms with Crippen LogP contribution in [0.15, 0.2) is 34.9 Å². The van der Waals surface area contributed by atoms with Crippen LogP contribution in [-0.4, -0.2) is 0 Å². The van der Waals surface area contributed by atoms with Crippen molar-refractivity contribution in [3.63, 3.8) is 0 Å². The average molecular weight is 213 g/mol. The highest BCUT2D eigenvalue weighted by molar-refractivity contribution is 5.82. The fraction of sp³-hybridized carbons (Fsp3) is 0.429. The van der Waals surface area contributed by atoms with Crippen molar-refractivity contribution in [2.45, 2.75) is 24.8 Å². The molecule has 2 aliphatic rings. The van der Waals surface area contributed by atoms with Gasteiger partial charge in [0.05, 0.1) is 11.8 Å². The molecule has 1 heterocycles. The molecule has 2 unspecified atom stereocenters. The first-order valence-electron chi connectivity index (χ1n) is 6.07. The van der Waals surface area contributed by atoms with Crippen LogP contribution in [0.5, 0.6) is 0 Å². The largest absolute Gasteiger partial charge is 0.464 e. The van der Waals surface area contributed by atoms with E-state index in [-0.39, 0.29) is 5.54 Å². The number of benzene rings is 1. The van der Waals surface area contributed by atoms with Gasteiger partial charge in [-0.15, -0.1) is 0 Å². The Balaban J connectivity index is 1.89. The summed E-state index contributed by atoms with van der Waals surface area (Å²) < 4.78 is 5.60. The van der Waals surface area contributed by atoms with Crippen molar-refractivity contribution >= 4 is 11.0 Å². The molecule has 0 spiro atoms. The van der Waals surface area contributed by atoms with Crippen LogP contribution in [0.2, 0.25) is 0 Å². The van der Waals surface area contributed by atoms with Gasteiger partial charge in [0.2, 0.25) is 0 Å². The molecular weight excluding hydrogens is 198 g/mol. The molecule has 0 aliphatic heterocycles. The molecule has 2 atom stereocenters. The van der Waals surface area contributed by atoms with E-state index in [9.17, 15) is 0 Å². The van der Waals surface area contributed by atoms with Gasteiger partial charge in [0.25, 0.3) is 0 Å². The van der Waals surface area contributed by atoms with Crippen LogP contribution < -0.4 is 5.73 Å². The molecular formula is C14H15NO. The van der Waals surface area contributed by atoms with Crippen LogP contribution in [0.3, 0.4) is 0 Å². The second-order valence-corrected chi connectivity index (χ2v) is 5.22. The molecule has 0 radical (unpaired) electrons. The second kappa shape index (κ2) is 2.69. The Morgan fingerprint density at radius 2 is 1.94 bits per heavy atom. The lowest BCUT2D eigenvalue weighted by atomic mass is 9.96. The summed E-state index contributed by atoms with van der Waals surface area (Å²) in [4.78, 5) is 0. The maximum absolute atomic E-state index is 6.57. The summed E-state index contributed by atoms with van der Waals surface area (Å²) in [6.07, 6.45) is 5.81. The molecule has 16 heavy (non-hydrogen) atoms. The predicted molar refractivity (Wildman–Crippen MR) is 62.9 cm³/mol. The predicted octanol–water partition coefficient (Wildman–Crippen LogP) is 3.02. The van der Waals surface area contributed by atoms with E-state index in [0.717, 1.165) is 5.58 Å². The molecule has 4 rings (SSSR count). The van der Waals surface area contributed by atoms with Gasteiger partial charge >= 0.3 is 0 Å². The summed E-state index contributed by atoms with van der Waals surface area (Å²) in [7, 11) is 0. The van der Waals surface area contributed by atoms with E-state index in [4.69, 9.17) is 10.2 Å². The fourth-order valence-electron chi connectivity index (χ4n) is 3.71. The first-order valence-corrected chi connectivity index (χ1v) is 6.07. The van der Waals surface area contributed by atoms with E-state index < -0.39 is 0 Å². The zero-order valence-corrected chi connectivity index (χ0v) is 9.15. The highest BCUT2D eigenvalue weighted by atomic mass is 16.3. The minimum atomic E-state index is -0.0785. The minimum absolute atomic E-state index is 0.0785. The molecule has 0 saturated heterocycles. The van der Waals surface area contributed by atoms with Crippen LogP contribution in [0.1, 0.15) is 24.8 Å². The smallest absolute Gasteiger partial charge is 0.134 e. The molecule has 2 aromatic rings. The van der Waals surface area contributed by atoms with E-state index >= 15 is 0 Å². The van der Waals surface area contributed by atoms with Gasteiger partial charge < -0.3 is 10.2 Å². The van der Waals surface area contributed by atoms with Crippen molar-refractivity contribution in [1.82, 2.24) is 0 Å². The van der Waals surface area contributed by atoms with Crippen LogP contribution in [0.25, 0.3) is 11.0 Å². The third-order valence-electron chi connectivity index (χ3n) is 4.58. The molecule has 2 N–H and O–H groups in total. The normalized spacial score (nSPS) is 36.6. The maximum Gasteiger partial charge on any atom is 0.134 e. The van der Waals surface area contributed by atoms with Crippen LogP contribution in [0.4, 0.5) is 0 Å². The Bertz CT molecular complexity index is 547. The molecule has 2 aliphatic carbocycles. The molecule has 2 saturated carbocycles.